The summed E-state index contributed by atoms with van der Waals surface area (Å²) in [4.78, 5) is 4.27. The number of hydrogen-bond donors (Lipinski definition) is 3. The fraction of sp³-hybridized carbons (Fsp3) is 0.333. The van der Waals surface area contributed by atoms with E-state index in [0.29, 0.717) is 37.6 Å². The van der Waals surface area contributed by atoms with Crippen molar-refractivity contribution in [3.05, 3.63) is 70.6 Å². The molecule has 0 aliphatic rings. The fourth-order valence-corrected chi connectivity index (χ4v) is 3.70. The summed E-state index contributed by atoms with van der Waals surface area (Å²) in [5.41, 5.74) is 3.30. The van der Waals surface area contributed by atoms with Crippen molar-refractivity contribution in [2.75, 3.05) is 13.2 Å². The lowest BCUT2D eigenvalue weighted by Gasteiger charge is -2.10. The highest BCUT2D eigenvalue weighted by Crippen LogP contribution is 2.21. The van der Waals surface area contributed by atoms with E-state index in [1.165, 1.54) is 16.8 Å². The average molecular weight is 448 g/mol. The molecule has 0 aliphatic heterocycles. The van der Waals surface area contributed by atoms with Gasteiger partial charge >= 0.3 is 0 Å². The van der Waals surface area contributed by atoms with E-state index in [1.54, 1.807) is 0 Å². The van der Waals surface area contributed by atoms with Gasteiger partial charge in [0.25, 0.3) is 0 Å². The number of halogens is 1. The van der Waals surface area contributed by atoms with Crippen molar-refractivity contribution in [2.45, 2.75) is 38.1 Å². The van der Waals surface area contributed by atoms with E-state index in [9.17, 15) is 12.8 Å². The van der Waals surface area contributed by atoms with E-state index in [0.717, 1.165) is 22.8 Å². The van der Waals surface area contributed by atoms with Crippen molar-refractivity contribution >= 4 is 10.0 Å². The lowest BCUT2D eigenvalue weighted by molar-refractivity contribution is 0.286. The van der Waals surface area contributed by atoms with Crippen LogP contribution in [-0.4, -0.2) is 41.4 Å². The Bertz CT molecular complexity index is 1180. The number of nitrogens with zero attached hydrogens (tertiary/aromatic N) is 3. The first-order valence-corrected chi connectivity index (χ1v) is 11.4. The van der Waals surface area contributed by atoms with Crippen LogP contribution >= 0.6 is 0 Å². The molecule has 0 saturated heterocycles. The molecule has 166 valence electrons. The van der Waals surface area contributed by atoms with Gasteiger partial charge in [0.05, 0.1) is 11.4 Å². The van der Waals surface area contributed by atoms with Gasteiger partial charge in [-0.3, -0.25) is 0 Å². The van der Waals surface area contributed by atoms with Gasteiger partial charge < -0.3 is 10.4 Å². The summed E-state index contributed by atoms with van der Waals surface area (Å²) in [6.07, 6.45) is 1.02. The summed E-state index contributed by atoms with van der Waals surface area (Å²) in [6, 6.07) is 9.55. The number of aliphatic hydroxyl groups is 1. The lowest BCUT2D eigenvalue weighted by Crippen LogP contribution is -2.17. The van der Waals surface area contributed by atoms with E-state index >= 15 is 0 Å². The lowest BCUT2D eigenvalue weighted by atomic mass is 10.0. The first-order chi connectivity index (χ1) is 14.7. The summed E-state index contributed by atoms with van der Waals surface area (Å²) in [5, 5.41) is 21.6. The van der Waals surface area contributed by atoms with E-state index in [2.05, 4.69) is 15.4 Å². The Kier molecular flexibility index (Phi) is 7.16. The summed E-state index contributed by atoms with van der Waals surface area (Å²) >= 11 is 0. The molecule has 1 heterocycles. The first-order valence-electron chi connectivity index (χ1n) is 9.84. The van der Waals surface area contributed by atoms with E-state index in [4.69, 9.17) is 10.2 Å². The summed E-state index contributed by atoms with van der Waals surface area (Å²) in [7, 11) is -4.02. The predicted octanol–water partition coefficient (Wildman–Crippen LogP) is 1.73. The highest BCUT2D eigenvalue weighted by Gasteiger charge is 2.18. The second-order valence-electron chi connectivity index (χ2n) is 7.37. The van der Waals surface area contributed by atoms with Crippen molar-refractivity contribution in [3.8, 4) is 5.69 Å². The molecule has 2 aromatic carbocycles. The number of benzene rings is 2. The molecule has 0 amide bonds. The maximum Gasteiger partial charge on any atom is 0.238 e. The minimum absolute atomic E-state index is 0.0777. The fourth-order valence-electron chi connectivity index (χ4n) is 3.18. The third-order valence-corrected chi connectivity index (χ3v) is 5.75. The molecule has 0 fully saturated rings. The van der Waals surface area contributed by atoms with Crippen LogP contribution in [0.15, 0.2) is 41.3 Å². The number of hydrogen-bond acceptors (Lipinski definition) is 6. The third-order valence-electron chi connectivity index (χ3n) is 4.84. The number of sulfonamides is 1. The quantitative estimate of drug-likeness (QED) is 0.429. The number of nitrogens with two attached hydrogens (primary N) is 1. The molecule has 0 saturated carbocycles. The molecule has 0 bridgehead atoms. The number of nitrogens with one attached hydrogen (secondary N) is 1. The number of primary sulfonamides is 1. The standard InChI is InChI=1S/C21H26FN5O3S/c1-14-4-5-15(2)16(10-14)11-21-25-20(13-24-8-3-9-28)26-27(21)19-7-6-17(12-18(19)22)31(23,29)30/h4-7,10,12,24,28H,3,8-9,11,13H2,1-2H3,(H2,23,29,30). The zero-order chi connectivity index (χ0) is 22.6. The van der Waals surface area contributed by atoms with Crippen LogP contribution in [0.1, 0.15) is 34.8 Å². The zero-order valence-corrected chi connectivity index (χ0v) is 18.3. The van der Waals surface area contributed by atoms with Crippen molar-refractivity contribution < 1.29 is 17.9 Å². The minimum Gasteiger partial charge on any atom is -0.396 e. The summed E-state index contributed by atoms with van der Waals surface area (Å²) in [5.74, 6) is 0.224. The smallest absolute Gasteiger partial charge is 0.238 e. The molecule has 10 heteroatoms. The maximum absolute atomic E-state index is 14.8. The van der Waals surface area contributed by atoms with Gasteiger partial charge in [-0.05, 0) is 56.1 Å². The molecule has 0 atom stereocenters. The Morgan fingerprint density at radius 1 is 1.19 bits per heavy atom. The van der Waals surface area contributed by atoms with Gasteiger partial charge in [-0.25, -0.2) is 27.6 Å². The summed E-state index contributed by atoms with van der Waals surface area (Å²) in [6.45, 7) is 5.01. The topological polar surface area (TPSA) is 123 Å². The van der Waals surface area contributed by atoms with Crippen LogP contribution in [-0.2, 0) is 23.0 Å². The zero-order valence-electron chi connectivity index (χ0n) is 17.5. The van der Waals surface area contributed by atoms with Crippen LogP contribution in [0.2, 0.25) is 0 Å². The van der Waals surface area contributed by atoms with Crippen LogP contribution in [0.5, 0.6) is 0 Å². The Hall–Kier alpha value is -2.66. The van der Waals surface area contributed by atoms with Gasteiger partial charge in [-0.2, -0.15) is 0 Å². The molecular weight excluding hydrogens is 421 g/mol. The molecule has 0 unspecified atom stereocenters. The molecule has 3 aromatic rings. The van der Waals surface area contributed by atoms with Gasteiger partial charge in [-0.15, -0.1) is 5.10 Å². The average Bonchev–Trinajstić information content (AvgIpc) is 3.09. The van der Waals surface area contributed by atoms with Gasteiger partial charge in [-0.1, -0.05) is 23.8 Å². The normalized spacial score (nSPS) is 11.8. The third kappa shape index (κ3) is 5.73. The SMILES string of the molecule is Cc1ccc(C)c(Cc2nc(CNCCCO)nn2-c2ccc(S(N)(=O)=O)cc2F)c1. The van der Waals surface area contributed by atoms with Gasteiger partial charge in [0.1, 0.15) is 17.3 Å². The second-order valence-corrected chi connectivity index (χ2v) is 8.94. The van der Waals surface area contributed by atoms with Crippen molar-refractivity contribution in [3.63, 3.8) is 0 Å². The number of aliphatic hydroxyl groups excluding tert-OH is 1. The maximum atomic E-state index is 14.8. The molecule has 0 radical (unpaired) electrons. The van der Waals surface area contributed by atoms with Crippen molar-refractivity contribution in [2.24, 2.45) is 5.14 Å². The molecule has 0 aliphatic carbocycles. The van der Waals surface area contributed by atoms with Crippen LogP contribution in [0.3, 0.4) is 0 Å². The molecule has 4 N–H and O–H groups in total. The van der Waals surface area contributed by atoms with Crippen LogP contribution in [0, 0.1) is 19.7 Å². The van der Waals surface area contributed by atoms with E-state index in [-0.39, 0.29) is 17.2 Å². The highest BCUT2D eigenvalue weighted by atomic mass is 32.2. The van der Waals surface area contributed by atoms with Crippen LogP contribution in [0.25, 0.3) is 5.69 Å². The molecule has 3 rings (SSSR count). The van der Waals surface area contributed by atoms with Gasteiger partial charge in [0, 0.05) is 13.0 Å². The Morgan fingerprint density at radius 3 is 2.65 bits per heavy atom. The van der Waals surface area contributed by atoms with Crippen molar-refractivity contribution in [1.82, 2.24) is 20.1 Å². The van der Waals surface area contributed by atoms with Gasteiger partial charge in [0.2, 0.25) is 10.0 Å². The predicted molar refractivity (Wildman–Crippen MR) is 115 cm³/mol. The first kappa shape index (κ1) is 23.0. The Balaban J connectivity index is 2.01. The Morgan fingerprint density at radius 2 is 1.97 bits per heavy atom. The number of aromatic nitrogens is 3. The number of aryl methyl sites for hydroxylation is 2. The second kappa shape index (κ2) is 9.65. The molecule has 31 heavy (non-hydrogen) atoms. The van der Waals surface area contributed by atoms with E-state index in [1.807, 2.05) is 32.0 Å². The molecule has 8 nitrogen and oxygen atoms in total. The highest BCUT2D eigenvalue weighted by molar-refractivity contribution is 7.89. The molecule has 1 aromatic heterocycles. The minimum atomic E-state index is -4.02. The number of rotatable bonds is 9. The van der Waals surface area contributed by atoms with Crippen molar-refractivity contribution in [1.29, 1.82) is 0 Å². The van der Waals surface area contributed by atoms with E-state index < -0.39 is 15.8 Å². The monoisotopic (exact) mass is 447 g/mol. The van der Waals surface area contributed by atoms with Crippen LogP contribution < -0.4 is 10.5 Å². The molecule has 0 spiro atoms. The Labute approximate surface area is 181 Å². The molecular formula is C21H26FN5O3S. The summed E-state index contributed by atoms with van der Waals surface area (Å²) < 4.78 is 39.3. The van der Waals surface area contributed by atoms with Crippen LogP contribution in [0.4, 0.5) is 4.39 Å². The van der Waals surface area contributed by atoms with Gasteiger partial charge in [0.15, 0.2) is 5.82 Å². The largest absolute Gasteiger partial charge is 0.396 e.